The zero-order chi connectivity index (χ0) is 12.9. The third-order valence-electron chi connectivity index (χ3n) is 3.42. The molecule has 0 aromatic heterocycles. The maximum atomic E-state index is 12.4. The van der Waals surface area contributed by atoms with Crippen LogP contribution in [-0.2, 0) is 0 Å². The number of halogens is 3. The van der Waals surface area contributed by atoms with E-state index < -0.39 is 12.7 Å². The summed E-state index contributed by atoms with van der Waals surface area (Å²) < 4.78 is 37.1. The molecule has 1 atom stereocenters. The summed E-state index contributed by atoms with van der Waals surface area (Å²) in [4.78, 5) is 1.45. The quantitative estimate of drug-likeness (QED) is 0.787. The summed E-state index contributed by atoms with van der Waals surface area (Å²) in [5.41, 5.74) is 6.02. The zero-order valence-corrected chi connectivity index (χ0v) is 10.5. The third kappa shape index (κ3) is 5.73. The number of rotatable bonds is 6. The van der Waals surface area contributed by atoms with E-state index >= 15 is 0 Å². The Kier molecular flexibility index (Phi) is 5.73. The van der Waals surface area contributed by atoms with Crippen molar-refractivity contribution in [1.29, 1.82) is 0 Å². The van der Waals surface area contributed by atoms with Crippen LogP contribution >= 0.6 is 0 Å². The second-order valence-electron chi connectivity index (χ2n) is 5.06. The maximum Gasteiger partial charge on any atom is 0.401 e. The molecule has 0 spiro atoms. The first kappa shape index (κ1) is 14.8. The molecule has 0 radical (unpaired) electrons. The van der Waals surface area contributed by atoms with Crippen LogP contribution in [0.25, 0.3) is 0 Å². The second kappa shape index (κ2) is 6.59. The molecule has 0 bridgehead atoms. The lowest BCUT2D eigenvalue weighted by atomic mass is 9.98. The monoisotopic (exact) mass is 252 g/mol. The van der Waals surface area contributed by atoms with E-state index in [9.17, 15) is 13.2 Å². The Bertz CT molecular complexity index is 212. The van der Waals surface area contributed by atoms with Crippen LogP contribution in [0.5, 0.6) is 0 Å². The van der Waals surface area contributed by atoms with Gasteiger partial charge in [-0.15, -0.1) is 0 Å². The van der Waals surface area contributed by atoms with Crippen molar-refractivity contribution >= 4 is 0 Å². The number of hydrogen-bond donors (Lipinski definition) is 1. The van der Waals surface area contributed by atoms with Gasteiger partial charge in [0.25, 0.3) is 0 Å². The van der Waals surface area contributed by atoms with Crippen molar-refractivity contribution in [2.75, 3.05) is 19.6 Å². The van der Waals surface area contributed by atoms with Crippen LogP contribution in [0.15, 0.2) is 0 Å². The fourth-order valence-corrected chi connectivity index (χ4v) is 2.64. The Balaban J connectivity index is 2.41. The highest BCUT2D eigenvalue weighted by Crippen LogP contribution is 2.27. The van der Waals surface area contributed by atoms with Crippen LogP contribution in [0, 0.1) is 5.92 Å². The largest absolute Gasteiger partial charge is 0.401 e. The molecule has 1 saturated carbocycles. The summed E-state index contributed by atoms with van der Waals surface area (Å²) in [6.07, 6.45) is 1.11. The second-order valence-corrected chi connectivity index (χ2v) is 5.06. The molecule has 2 nitrogen and oxygen atoms in total. The van der Waals surface area contributed by atoms with Crippen molar-refractivity contribution in [3.05, 3.63) is 0 Å². The van der Waals surface area contributed by atoms with E-state index in [1.807, 2.05) is 6.92 Å². The van der Waals surface area contributed by atoms with E-state index in [0.717, 1.165) is 19.3 Å². The molecule has 2 N–H and O–H groups in total. The summed E-state index contributed by atoms with van der Waals surface area (Å²) in [7, 11) is 0. The highest BCUT2D eigenvalue weighted by Gasteiger charge is 2.32. The minimum absolute atomic E-state index is 0.105. The minimum Gasteiger partial charge on any atom is -0.326 e. The van der Waals surface area contributed by atoms with E-state index in [-0.39, 0.29) is 6.04 Å². The van der Waals surface area contributed by atoms with Crippen molar-refractivity contribution in [1.82, 2.24) is 4.90 Å². The standard InChI is InChI=1S/C12H23F3N2/c1-2-7-17(9-12(13,14)15)8-11(16)10-5-3-4-6-10/h10-11H,2-9,16H2,1H3. The fourth-order valence-electron chi connectivity index (χ4n) is 2.64. The van der Waals surface area contributed by atoms with Crippen LogP contribution in [0.2, 0.25) is 0 Å². The van der Waals surface area contributed by atoms with Crippen molar-refractivity contribution in [3.8, 4) is 0 Å². The number of hydrogen-bond acceptors (Lipinski definition) is 2. The highest BCUT2D eigenvalue weighted by atomic mass is 19.4. The normalized spacial score (nSPS) is 20.1. The van der Waals surface area contributed by atoms with Crippen LogP contribution in [0.1, 0.15) is 39.0 Å². The van der Waals surface area contributed by atoms with Gasteiger partial charge in [-0.2, -0.15) is 13.2 Å². The van der Waals surface area contributed by atoms with Crippen LogP contribution in [0.4, 0.5) is 13.2 Å². The summed E-state index contributed by atoms with van der Waals surface area (Å²) in [5, 5.41) is 0. The first-order valence-corrected chi connectivity index (χ1v) is 6.47. The van der Waals surface area contributed by atoms with Gasteiger partial charge in [0.05, 0.1) is 6.54 Å². The van der Waals surface area contributed by atoms with Gasteiger partial charge in [0.15, 0.2) is 0 Å². The van der Waals surface area contributed by atoms with Crippen molar-refractivity contribution in [3.63, 3.8) is 0 Å². The molecule has 1 rings (SSSR count). The molecule has 1 aliphatic rings. The van der Waals surface area contributed by atoms with Gasteiger partial charge < -0.3 is 5.73 Å². The summed E-state index contributed by atoms with van der Waals surface area (Å²) in [6.45, 7) is 1.91. The topological polar surface area (TPSA) is 29.3 Å². The van der Waals surface area contributed by atoms with Crippen LogP contribution < -0.4 is 5.73 Å². The van der Waals surface area contributed by atoms with Gasteiger partial charge in [-0.25, -0.2) is 0 Å². The molecule has 0 aliphatic heterocycles. The van der Waals surface area contributed by atoms with E-state index in [4.69, 9.17) is 5.73 Å². The predicted octanol–water partition coefficient (Wildman–Crippen LogP) is 2.78. The van der Waals surface area contributed by atoms with Gasteiger partial charge in [0.1, 0.15) is 0 Å². The van der Waals surface area contributed by atoms with Gasteiger partial charge >= 0.3 is 6.18 Å². The van der Waals surface area contributed by atoms with Crippen LogP contribution in [-0.4, -0.2) is 36.8 Å². The average Bonchev–Trinajstić information content (AvgIpc) is 2.67. The van der Waals surface area contributed by atoms with E-state index in [1.54, 1.807) is 0 Å². The third-order valence-corrected chi connectivity index (χ3v) is 3.42. The molecular formula is C12H23F3N2. The van der Waals surface area contributed by atoms with Gasteiger partial charge in [-0.3, -0.25) is 4.90 Å². The Hall–Kier alpha value is -0.290. The van der Waals surface area contributed by atoms with Gasteiger partial charge in [0, 0.05) is 12.6 Å². The lowest BCUT2D eigenvalue weighted by Crippen LogP contribution is -2.45. The van der Waals surface area contributed by atoms with Crippen LogP contribution in [0.3, 0.4) is 0 Å². The number of nitrogens with zero attached hydrogens (tertiary/aromatic N) is 1. The van der Waals surface area contributed by atoms with Crippen molar-refractivity contribution in [2.24, 2.45) is 11.7 Å². The Morgan fingerprint density at radius 2 is 1.88 bits per heavy atom. The number of alkyl halides is 3. The average molecular weight is 252 g/mol. The summed E-state index contributed by atoms with van der Waals surface area (Å²) in [6, 6.07) is -0.105. The fraction of sp³-hybridized carbons (Fsp3) is 1.00. The lowest BCUT2D eigenvalue weighted by molar-refractivity contribution is -0.146. The molecule has 1 unspecified atom stereocenters. The molecule has 0 aromatic carbocycles. The number of nitrogens with two attached hydrogens (primary N) is 1. The molecule has 5 heteroatoms. The van der Waals surface area contributed by atoms with E-state index in [2.05, 4.69) is 0 Å². The molecule has 1 aliphatic carbocycles. The maximum absolute atomic E-state index is 12.4. The SMILES string of the molecule is CCCN(CC(N)C1CCCC1)CC(F)(F)F. The molecule has 0 saturated heterocycles. The van der Waals surface area contributed by atoms with Gasteiger partial charge in [-0.1, -0.05) is 19.8 Å². The smallest absolute Gasteiger partial charge is 0.326 e. The van der Waals surface area contributed by atoms with E-state index in [0.29, 0.717) is 19.0 Å². The zero-order valence-electron chi connectivity index (χ0n) is 10.5. The van der Waals surface area contributed by atoms with Crippen molar-refractivity contribution in [2.45, 2.75) is 51.2 Å². The molecule has 0 amide bonds. The summed E-state index contributed by atoms with van der Waals surface area (Å²) in [5.74, 6) is 0.419. The van der Waals surface area contributed by atoms with Gasteiger partial charge in [-0.05, 0) is 31.7 Å². The molecule has 1 fully saturated rings. The van der Waals surface area contributed by atoms with Gasteiger partial charge in [0.2, 0.25) is 0 Å². The molecule has 17 heavy (non-hydrogen) atoms. The lowest BCUT2D eigenvalue weighted by Gasteiger charge is -2.28. The molecule has 0 heterocycles. The highest BCUT2D eigenvalue weighted by molar-refractivity contribution is 4.81. The van der Waals surface area contributed by atoms with Crippen molar-refractivity contribution < 1.29 is 13.2 Å². The Morgan fingerprint density at radius 1 is 1.29 bits per heavy atom. The van der Waals surface area contributed by atoms with E-state index in [1.165, 1.54) is 17.7 Å². The predicted molar refractivity (Wildman–Crippen MR) is 62.7 cm³/mol. The first-order valence-electron chi connectivity index (χ1n) is 6.47. The molecular weight excluding hydrogens is 229 g/mol. The first-order chi connectivity index (χ1) is 7.92. The summed E-state index contributed by atoms with van der Waals surface area (Å²) >= 11 is 0. The molecule has 102 valence electrons. The Labute approximate surface area is 101 Å². The Morgan fingerprint density at radius 3 is 2.35 bits per heavy atom. The minimum atomic E-state index is -4.12. The molecule has 0 aromatic rings.